The molecule has 12 heteroatoms. The average molecular weight is 502 g/mol. The van der Waals surface area contributed by atoms with E-state index in [9.17, 15) is 17.6 Å². The summed E-state index contributed by atoms with van der Waals surface area (Å²) in [7, 11) is -3.03. The van der Waals surface area contributed by atoms with Gasteiger partial charge in [-0.15, -0.1) is 0 Å². The quantitative estimate of drug-likeness (QED) is 0.507. The van der Waals surface area contributed by atoms with E-state index in [1.54, 1.807) is 23.4 Å². The maximum atomic E-state index is 14.7. The third-order valence-electron chi connectivity index (χ3n) is 5.68. The molecule has 1 aliphatic rings. The van der Waals surface area contributed by atoms with Crippen molar-refractivity contribution in [3.05, 3.63) is 48.2 Å². The molecule has 35 heavy (non-hydrogen) atoms. The number of hydrogen-bond acceptors (Lipinski definition) is 8. The maximum absolute atomic E-state index is 14.7. The number of amides is 1. The van der Waals surface area contributed by atoms with Crippen LogP contribution < -0.4 is 10.6 Å². The summed E-state index contributed by atoms with van der Waals surface area (Å²) in [6.07, 6.45) is 5.36. The molecule has 1 saturated heterocycles. The summed E-state index contributed by atoms with van der Waals surface area (Å²) >= 11 is 0. The van der Waals surface area contributed by atoms with Gasteiger partial charge >= 0.3 is 0 Å². The first-order valence-corrected chi connectivity index (χ1v) is 13.1. The van der Waals surface area contributed by atoms with Crippen LogP contribution in [0.15, 0.2) is 36.8 Å². The number of nitrogens with zero attached hydrogens (tertiary/aromatic N) is 5. The molecule has 1 aromatic carbocycles. The lowest BCUT2D eigenvalue weighted by Crippen LogP contribution is -2.43. The molecule has 0 aliphatic carbocycles. The van der Waals surface area contributed by atoms with Crippen molar-refractivity contribution < 1.29 is 17.6 Å². The predicted molar refractivity (Wildman–Crippen MR) is 132 cm³/mol. The summed E-state index contributed by atoms with van der Waals surface area (Å²) in [6.45, 7) is 6.57. The molecule has 0 unspecified atom stereocenters. The van der Waals surface area contributed by atoms with Gasteiger partial charge in [0, 0.05) is 42.8 Å². The van der Waals surface area contributed by atoms with Crippen LogP contribution in [0.4, 0.5) is 21.7 Å². The smallest absolute Gasteiger partial charge is 0.238 e. The first kappa shape index (κ1) is 24.7. The normalized spacial score (nSPS) is 15.8. The Morgan fingerprint density at radius 3 is 2.60 bits per heavy atom. The molecule has 2 aromatic heterocycles. The van der Waals surface area contributed by atoms with Gasteiger partial charge in [0.2, 0.25) is 11.9 Å². The molecule has 1 aliphatic heterocycles. The van der Waals surface area contributed by atoms with Gasteiger partial charge in [0.25, 0.3) is 0 Å². The van der Waals surface area contributed by atoms with Gasteiger partial charge in [0.05, 0.1) is 35.6 Å². The van der Waals surface area contributed by atoms with Crippen molar-refractivity contribution in [2.45, 2.75) is 26.8 Å². The highest BCUT2D eigenvalue weighted by Crippen LogP contribution is 2.25. The van der Waals surface area contributed by atoms with Crippen LogP contribution in [0.2, 0.25) is 0 Å². The minimum atomic E-state index is -3.03. The van der Waals surface area contributed by atoms with Crippen LogP contribution in [-0.4, -0.2) is 70.1 Å². The molecule has 3 heterocycles. The van der Waals surface area contributed by atoms with Crippen LogP contribution in [0.5, 0.6) is 0 Å². The second-order valence-corrected chi connectivity index (χ2v) is 11.1. The SMILES string of the molecule is Cc1cnc(Nc2ccc(NC(=O)CN3CCS(=O)(=O)CC3)c(F)c2)nc1-c1cnn(C(C)C)c1. The standard InChI is InChI=1S/C23H28FN7O3S/c1-15(2)31-13-17(12-26-31)22-16(3)11-25-23(29-22)27-18-4-5-20(19(24)10-18)28-21(32)14-30-6-8-35(33,34)9-7-30/h4-5,10-13,15H,6-9,14H2,1-3H3,(H,28,32)(H,25,27,29). The van der Waals surface area contributed by atoms with Gasteiger partial charge in [-0.2, -0.15) is 5.10 Å². The van der Waals surface area contributed by atoms with Crippen molar-refractivity contribution in [3.63, 3.8) is 0 Å². The van der Waals surface area contributed by atoms with E-state index in [0.29, 0.717) is 11.6 Å². The van der Waals surface area contributed by atoms with Crippen LogP contribution in [0.3, 0.4) is 0 Å². The third kappa shape index (κ3) is 6.20. The van der Waals surface area contributed by atoms with Gasteiger partial charge in [-0.3, -0.25) is 14.4 Å². The summed E-state index contributed by atoms with van der Waals surface area (Å²) in [5.41, 5.74) is 2.93. The Bertz CT molecular complexity index is 1330. The van der Waals surface area contributed by atoms with Crippen LogP contribution in [0, 0.1) is 12.7 Å². The van der Waals surface area contributed by atoms with Crippen LogP contribution in [-0.2, 0) is 14.6 Å². The summed E-state index contributed by atoms with van der Waals surface area (Å²) < 4.78 is 39.6. The van der Waals surface area contributed by atoms with Gasteiger partial charge in [-0.1, -0.05) is 0 Å². The topological polar surface area (TPSA) is 122 Å². The van der Waals surface area contributed by atoms with Crippen molar-refractivity contribution in [3.8, 4) is 11.3 Å². The highest BCUT2D eigenvalue weighted by atomic mass is 32.2. The van der Waals surface area contributed by atoms with Crippen LogP contribution in [0.25, 0.3) is 11.3 Å². The molecule has 186 valence electrons. The van der Waals surface area contributed by atoms with Gasteiger partial charge in [-0.05, 0) is 44.5 Å². The Morgan fingerprint density at radius 1 is 1.20 bits per heavy atom. The summed E-state index contributed by atoms with van der Waals surface area (Å²) in [5, 5.41) is 9.90. The number of carbonyl (C=O) groups is 1. The van der Waals surface area contributed by atoms with Crippen molar-refractivity contribution >= 4 is 33.1 Å². The van der Waals surface area contributed by atoms with Gasteiger partial charge in [0.15, 0.2) is 9.84 Å². The Balaban J connectivity index is 1.41. The molecule has 0 bridgehead atoms. The molecular formula is C23H28FN7O3S. The number of nitrogens with one attached hydrogen (secondary N) is 2. The van der Waals surface area contributed by atoms with Crippen molar-refractivity contribution in [1.82, 2.24) is 24.6 Å². The largest absolute Gasteiger partial charge is 0.324 e. The fourth-order valence-corrected chi connectivity index (χ4v) is 4.94. The maximum Gasteiger partial charge on any atom is 0.238 e. The van der Waals surface area contributed by atoms with Crippen LogP contribution in [0.1, 0.15) is 25.5 Å². The van der Waals surface area contributed by atoms with Gasteiger partial charge in [0.1, 0.15) is 5.82 Å². The van der Waals surface area contributed by atoms with Crippen molar-refractivity contribution in [1.29, 1.82) is 0 Å². The average Bonchev–Trinajstić information content (AvgIpc) is 3.29. The minimum absolute atomic E-state index is 0.00232. The van der Waals surface area contributed by atoms with E-state index in [1.807, 2.05) is 31.6 Å². The number of benzene rings is 1. The van der Waals surface area contributed by atoms with E-state index in [4.69, 9.17) is 0 Å². The van der Waals surface area contributed by atoms with Crippen LogP contribution >= 0.6 is 0 Å². The summed E-state index contributed by atoms with van der Waals surface area (Å²) in [4.78, 5) is 22.9. The number of anilines is 3. The lowest BCUT2D eigenvalue weighted by atomic mass is 10.1. The first-order valence-electron chi connectivity index (χ1n) is 11.3. The fourth-order valence-electron chi connectivity index (χ4n) is 3.66. The highest BCUT2D eigenvalue weighted by Gasteiger charge is 2.23. The van der Waals surface area contributed by atoms with E-state index >= 15 is 0 Å². The number of halogens is 1. The molecule has 1 amide bonds. The number of rotatable bonds is 7. The third-order valence-corrected chi connectivity index (χ3v) is 7.29. The molecule has 0 atom stereocenters. The number of hydrogen-bond donors (Lipinski definition) is 2. The van der Waals surface area contributed by atoms with Crippen molar-refractivity contribution in [2.24, 2.45) is 0 Å². The van der Waals surface area contributed by atoms with Gasteiger partial charge < -0.3 is 10.6 Å². The molecule has 3 aromatic rings. The van der Waals surface area contributed by atoms with Gasteiger partial charge in [-0.25, -0.2) is 22.8 Å². The molecule has 0 saturated carbocycles. The summed E-state index contributed by atoms with van der Waals surface area (Å²) in [6, 6.07) is 4.55. The number of carbonyl (C=O) groups excluding carboxylic acids is 1. The Kier molecular flexibility index (Phi) is 7.13. The fraction of sp³-hybridized carbons (Fsp3) is 0.391. The monoisotopic (exact) mass is 501 g/mol. The van der Waals surface area contributed by atoms with E-state index < -0.39 is 21.6 Å². The van der Waals surface area contributed by atoms with E-state index in [1.165, 1.54) is 12.1 Å². The zero-order chi connectivity index (χ0) is 25.2. The Morgan fingerprint density at radius 2 is 1.94 bits per heavy atom. The number of sulfone groups is 1. The lowest BCUT2D eigenvalue weighted by Gasteiger charge is -2.25. The first-order chi connectivity index (χ1) is 16.6. The second-order valence-electron chi connectivity index (χ2n) is 8.82. The predicted octanol–water partition coefficient (Wildman–Crippen LogP) is 2.78. The molecular weight excluding hydrogens is 473 g/mol. The van der Waals surface area contributed by atoms with E-state index in [2.05, 4.69) is 25.7 Å². The highest BCUT2D eigenvalue weighted by molar-refractivity contribution is 7.91. The molecule has 0 spiro atoms. The second kappa shape index (κ2) is 10.1. The Hall–Kier alpha value is -3.38. The number of aromatic nitrogens is 4. The van der Waals surface area contributed by atoms with Crippen molar-refractivity contribution in [2.75, 3.05) is 41.8 Å². The molecule has 4 rings (SSSR count). The number of aryl methyl sites for hydroxylation is 1. The summed E-state index contributed by atoms with van der Waals surface area (Å²) in [5.74, 6) is -0.665. The molecule has 10 nitrogen and oxygen atoms in total. The van der Waals surface area contributed by atoms with E-state index in [-0.39, 0.29) is 42.9 Å². The zero-order valence-electron chi connectivity index (χ0n) is 19.8. The molecule has 2 N–H and O–H groups in total. The molecule has 0 radical (unpaired) electrons. The van der Waals surface area contributed by atoms with E-state index in [0.717, 1.165) is 16.8 Å². The Labute approximate surface area is 203 Å². The lowest BCUT2D eigenvalue weighted by molar-refractivity contribution is -0.117. The minimum Gasteiger partial charge on any atom is -0.324 e. The zero-order valence-corrected chi connectivity index (χ0v) is 20.6. The molecule has 1 fully saturated rings.